The van der Waals surface area contributed by atoms with E-state index >= 15 is 0 Å². The molecule has 140 valence electrons. The molecule has 0 fully saturated rings. The van der Waals surface area contributed by atoms with Crippen molar-refractivity contribution in [1.29, 1.82) is 0 Å². The second-order valence-corrected chi connectivity index (χ2v) is 5.68. The molecule has 0 atom stereocenters. The Morgan fingerprint density at radius 1 is 0.923 bits per heavy atom. The van der Waals surface area contributed by atoms with Crippen LogP contribution in [0.25, 0.3) is 0 Å². The summed E-state index contributed by atoms with van der Waals surface area (Å²) in [5, 5.41) is 0. The zero-order valence-electron chi connectivity index (χ0n) is 15.7. The zero-order chi connectivity index (χ0) is 19.1. The van der Waals surface area contributed by atoms with E-state index in [2.05, 4.69) is 0 Å². The van der Waals surface area contributed by atoms with Gasteiger partial charge in [0.05, 0.1) is 36.9 Å². The van der Waals surface area contributed by atoms with Crippen LogP contribution in [0.1, 0.15) is 32.3 Å². The number of benzene rings is 1. The normalized spacial score (nSPS) is 14.4. The Hall–Kier alpha value is -2.76. The smallest absolute Gasteiger partial charge is 0.336 e. The molecule has 0 saturated carbocycles. The Kier molecular flexibility index (Phi) is 6.83. The van der Waals surface area contributed by atoms with Gasteiger partial charge in [0.1, 0.15) is 5.75 Å². The van der Waals surface area contributed by atoms with Crippen molar-refractivity contribution in [2.24, 2.45) is 0 Å². The van der Waals surface area contributed by atoms with Crippen LogP contribution in [0.2, 0.25) is 0 Å². The van der Waals surface area contributed by atoms with Gasteiger partial charge < -0.3 is 19.1 Å². The third-order valence-electron chi connectivity index (χ3n) is 3.86. The molecular formula is C20H25NO5. The first-order chi connectivity index (χ1) is 12.5. The Morgan fingerprint density at radius 2 is 1.46 bits per heavy atom. The van der Waals surface area contributed by atoms with Crippen LogP contribution in [-0.4, -0.2) is 43.7 Å². The van der Waals surface area contributed by atoms with Gasteiger partial charge in [0.2, 0.25) is 0 Å². The van der Waals surface area contributed by atoms with Crippen LogP contribution >= 0.6 is 0 Å². The SMILES string of the molecule is CCOC(=O)C1=CN(C)C=C(C(=O)OCC)C1c1ccccc1OCC. The number of esters is 2. The Balaban J connectivity index is 2.58. The molecule has 0 aromatic heterocycles. The number of ether oxygens (including phenoxy) is 3. The summed E-state index contributed by atoms with van der Waals surface area (Å²) in [5.41, 5.74) is 1.46. The van der Waals surface area contributed by atoms with E-state index in [1.807, 2.05) is 31.2 Å². The van der Waals surface area contributed by atoms with E-state index < -0.39 is 17.9 Å². The fraction of sp³-hybridized carbons (Fsp3) is 0.400. The second-order valence-electron chi connectivity index (χ2n) is 5.68. The first kappa shape index (κ1) is 19.6. The molecular weight excluding hydrogens is 334 g/mol. The number of carbonyl (C=O) groups excluding carboxylic acids is 2. The van der Waals surface area contributed by atoms with Crippen molar-refractivity contribution >= 4 is 11.9 Å². The van der Waals surface area contributed by atoms with Gasteiger partial charge in [0, 0.05) is 25.0 Å². The molecule has 1 aromatic rings. The monoisotopic (exact) mass is 359 g/mol. The summed E-state index contributed by atoms with van der Waals surface area (Å²) >= 11 is 0. The van der Waals surface area contributed by atoms with Crippen LogP contribution in [0, 0.1) is 0 Å². The molecule has 2 rings (SSSR count). The summed E-state index contributed by atoms with van der Waals surface area (Å²) in [4.78, 5) is 26.8. The van der Waals surface area contributed by atoms with Gasteiger partial charge in [-0.1, -0.05) is 18.2 Å². The van der Waals surface area contributed by atoms with Gasteiger partial charge >= 0.3 is 11.9 Å². The summed E-state index contributed by atoms with van der Waals surface area (Å²) in [5.74, 6) is -0.932. The molecule has 0 amide bonds. The van der Waals surface area contributed by atoms with Crippen LogP contribution in [0.3, 0.4) is 0 Å². The number of rotatable bonds is 7. The summed E-state index contributed by atoms with van der Waals surface area (Å²) in [6.45, 7) is 6.35. The van der Waals surface area contributed by atoms with E-state index in [1.165, 1.54) is 0 Å². The molecule has 1 heterocycles. The summed E-state index contributed by atoms with van der Waals surface area (Å²) < 4.78 is 16.2. The number of hydrogen-bond donors (Lipinski definition) is 0. The molecule has 6 heteroatoms. The van der Waals surface area contributed by atoms with Crippen molar-refractivity contribution in [3.8, 4) is 5.75 Å². The Labute approximate surface area is 154 Å². The van der Waals surface area contributed by atoms with Gasteiger partial charge in [-0.05, 0) is 26.8 Å². The minimum Gasteiger partial charge on any atom is -0.494 e. The molecule has 0 unspecified atom stereocenters. The number of nitrogens with zero attached hydrogens (tertiary/aromatic N) is 1. The molecule has 0 saturated heterocycles. The Bertz CT molecular complexity index is 687. The minimum absolute atomic E-state index is 0.248. The van der Waals surface area contributed by atoms with Crippen LogP contribution in [-0.2, 0) is 19.1 Å². The molecule has 1 aliphatic heterocycles. The van der Waals surface area contributed by atoms with Crippen molar-refractivity contribution in [3.05, 3.63) is 53.4 Å². The predicted octanol–water partition coefficient (Wildman–Crippen LogP) is 3.01. The maximum absolute atomic E-state index is 12.6. The summed E-state index contributed by atoms with van der Waals surface area (Å²) in [6.07, 6.45) is 3.35. The van der Waals surface area contributed by atoms with E-state index in [0.29, 0.717) is 23.5 Å². The lowest BCUT2D eigenvalue weighted by Crippen LogP contribution is -2.28. The molecule has 0 aliphatic carbocycles. The lowest BCUT2D eigenvalue weighted by Gasteiger charge is -2.29. The van der Waals surface area contributed by atoms with E-state index in [0.717, 1.165) is 5.56 Å². The zero-order valence-corrected chi connectivity index (χ0v) is 15.7. The number of hydrogen-bond acceptors (Lipinski definition) is 6. The first-order valence-electron chi connectivity index (χ1n) is 8.74. The third kappa shape index (κ3) is 4.25. The molecule has 0 N–H and O–H groups in total. The molecule has 0 bridgehead atoms. The average Bonchev–Trinajstić information content (AvgIpc) is 2.62. The second kappa shape index (κ2) is 9.08. The van der Waals surface area contributed by atoms with Gasteiger partial charge in [0.25, 0.3) is 0 Å². The highest BCUT2D eigenvalue weighted by Crippen LogP contribution is 2.40. The average molecular weight is 359 g/mol. The molecule has 0 radical (unpaired) electrons. The standard InChI is InChI=1S/C20H25NO5/c1-5-24-17-11-9-8-10-14(17)18-15(19(22)25-6-2)12-21(4)13-16(18)20(23)26-7-3/h8-13,18H,5-7H2,1-4H3. The molecule has 1 aliphatic rings. The minimum atomic E-state index is -0.618. The molecule has 0 spiro atoms. The summed E-state index contributed by atoms with van der Waals surface area (Å²) in [6, 6.07) is 7.37. The van der Waals surface area contributed by atoms with Crippen molar-refractivity contribution in [2.45, 2.75) is 26.7 Å². The maximum Gasteiger partial charge on any atom is 0.336 e. The van der Waals surface area contributed by atoms with Crippen LogP contribution in [0.4, 0.5) is 0 Å². The fourth-order valence-corrected chi connectivity index (χ4v) is 2.90. The van der Waals surface area contributed by atoms with Crippen molar-refractivity contribution in [2.75, 3.05) is 26.9 Å². The highest BCUT2D eigenvalue weighted by Gasteiger charge is 2.36. The molecule has 26 heavy (non-hydrogen) atoms. The van der Waals surface area contributed by atoms with Gasteiger partial charge in [0.15, 0.2) is 0 Å². The quantitative estimate of drug-likeness (QED) is 0.697. The largest absolute Gasteiger partial charge is 0.494 e. The molecule has 6 nitrogen and oxygen atoms in total. The number of para-hydroxylation sites is 1. The third-order valence-corrected chi connectivity index (χ3v) is 3.86. The lowest BCUT2D eigenvalue weighted by molar-refractivity contribution is -0.139. The highest BCUT2D eigenvalue weighted by atomic mass is 16.5. The van der Waals surface area contributed by atoms with Crippen molar-refractivity contribution < 1.29 is 23.8 Å². The van der Waals surface area contributed by atoms with Gasteiger partial charge in [-0.15, -0.1) is 0 Å². The fourth-order valence-electron chi connectivity index (χ4n) is 2.90. The van der Waals surface area contributed by atoms with Gasteiger partial charge in [-0.2, -0.15) is 0 Å². The maximum atomic E-state index is 12.6. The Morgan fingerprint density at radius 3 is 1.96 bits per heavy atom. The molecule has 1 aromatic carbocycles. The van der Waals surface area contributed by atoms with E-state index in [9.17, 15) is 9.59 Å². The summed E-state index contributed by atoms with van der Waals surface area (Å²) in [7, 11) is 1.75. The lowest BCUT2D eigenvalue weighted by atomic mass is 9.83. The van der Waals surface area contributed by atoms with E-state index in [-0.39, 0.29) is 13.2 Å². The topological polar surface area (TPSA) is 65.1 Å². The highest BCUT2D eigenvalue weighted by molar-refractivity contribution is 5.98. The van der Waals surface area contributed by atoms with Gasteiger partial charge in [-0.3, -0.25) is 0 Å². The van der Waals surface area contributed by atoms with Crippen molar-refractivity contribution in [1.82, 2.24) is 4.90 Å². The van der Waals surface area contributed by atoms with E-state index in [1.54, 1.807) is 38.2 Å². The first-order valence-corrected chi connectivity index (χ1v) is 8.74. The van der Waals surface area contributed by atoms with Crippen LogP contribution in [0.5, 0.6) is 5.75 Å². The van der Waals surface area contributed by atoms with Crippen LogP contribution < -0.4 is 4.74 Å². The van der Waals surface area contributed by atoms with E-state index in [4.69, 9.17) is 14.2 Å². The van der Waals surface area contributed by atoms with Gasteiger partial charge in [-0.25, -0.2) is 9.59 Å². The van der Waals surface area contributed by atoms with Crippen LogP contribution in [0.15, 0.2) is 47.8 Å². The predicted molar refractivity (Wildman–Crippen MR) is 97.5 cm³/mol. The number of carbonyl (C=O) groups is 2. The van der Waals surface area contributed by atoms with Crippen molar-refractivity contribution in [3.63, 3.8) is 0 Å².